The highest BCUT2D eigenvalue weighted by atomic mass is 35.5. The van der Waals surface area contributed by atoms with Crippen molar-refractivity contribution in [1.29, 1.82) is 0 Å². The number of nitrogens with two attached hydrogens (primary N) is 1. The van der Waals surface area contributed by atoms with Gasteiger partial charge in [-0.05, 0) is 30.3 Å². The Labute approximate surface area is 116 Å². The molecule has 0 unspecified atom stereocenters. The summed E-state index contributed by atoms with van der Waals surface area (Å²) in [6.45, 7) is 0. The fourth-order valence-corrected chi connectivity index (χ4v) is 1.85. The summed E-state index contributed by atoms with van der Waals surface area (Å²) in [6, 6.07) is 11.8. The first-order valence-corrected chi connectivity index (χ1v) is 5.98. The van der Waals surface area contributed by atoms with Gasteiger partial charge in [-0.25, -0.2) is 0 Å². The first-order valence-electron chi connectivity index (χ1n) is 5.60. The molecule has 0 saturated heterocycles. The number of nitrogens with one attached hydrogen (secondary N) is 1. The third-order valence-corrected chi connectivity index (χ3v) is 2.79. The lowest BCUT2D eigenvalue weighted by Crippen LogP contribution is -2.13. The van der Waals surface area contributed by atoms with Crippen LogP contribution in [0, 0.1) is 0 Å². The molecule has 0 aromatic heterocycles. The monoisotopic (exact) mass is 276 g/mol. The van der Waals surface area contributed by atoms with Gasteiger partial charge in [0, 0.05) is 22.5 Å². The number of methoxy groups -OCH3 is 1. The molecule has 0 bridgehead atoms. The van der Waals surface area contributed by atoms with Crippen LogP contribution in [0.5, 0.6) is 5.75 Å². The Morgan fingerprint density at radius 2 is 2.05 bits per heavy atom. The van der Waals surface area contributed by atoms with Gasteiger partial charge in [-0.1, -0.05) is 17.7 Å². The highest BCUT2D eigenvalue weighted by Crippen LogP contribution is 2.23. The summed E-state index contributed by atoms with van der Waals surface area (Å²) in [7, 11) is 1.49. The van der Waals surface area contributed by atoms with Gasteiger partial charge in [0.2, 0.25) is 0 Å². The molecule has 0 spiro atoms. The average Bonchev–Trinajstić information content (AvgIpc) is 2.38. The average molecular weight is 277 g/mol. The molecule has 0 heterocycles. The number of carbonyl (C=O) groups excluding carboxylic acids is 1. The zero-order chi connectivity index (χ0) is 13.8. The second kappa shape index (κ2) is 5.63. The molecule has 0 radical (unpaired) electrons. The van der Waals surface area contributed by atoms with E-state index in [4.69, 9.17) is 22.1 Å². The lowest BCUT2D eigenvalue weighted by Gasteiger charge is -2.10. The Kier molecular flexibility index (Phi) is 3.92. The van der Waals surface area contributed by atoms with E-state index in [2.05, 4.69) is 5.32 Å². The molecule has 5 heteroatoms. The summed E-state index contributed by atoms with van der Waals surface area (Å²) >= 11 is 5.86. The van der Waals surface area contributed by atoms with E-state index in [9.17, 15) is 4.79 Å². The third-order valence-electron chi connectivity index (χ3n) is 2.55. The van der Waals surface area contributed by atoms with Crippen LogP contribution in [-0.2, 0) is 0 Å². The minimum absolute atomic E-state index is 0.279. The lowest BCUT2D eigenvalue weighted by atomic mass is 10.1. The Morgan fingerprint density at radius 3 is 2.74 bits per heavy atom. The minimum atomic E-state index is -0.279. The van der Waals surface area contributed by atoms with E-state index in [1.165, 1.54) is 7.11 Å². The van der Waals surface area contributed by atoms with Crippen molar-refractivity contribution in [3.8, 4) is 5.75 Å². The summed E-state index contributed by atoms with van der Waals surface area (Å²) in [4.78, 5) is 12.1. The van der Waals surface area contributed by atoms with Crippen molar-refractivity contribution in [2.45, 2.75) is 0 Å². The summed E-state index contributed by atoms with van der Waals surface area (Å²) < 4.78 is 5.14. The van der Waals surface area contributed by atoms with Crippen molar-refractivity contribution in [1.82, 2.24) is 0 Å². The molecule has 0 aliphatic rings. The fraction of sp³-hybridized carbons (Fsp3) is 0.0714. The maximum absolute atomic E-state index is 12.1. The molecular weight excluding hydrogens is 264 g/mol. The van der Waals surface area contributed by atoms with Crippen molar-refractivity contribution >= 4 is 28.9 Å². The van der Waals surface area contributed by atoms with E-state index in [1.54, 1.807) is 42.5 Å². The number of anilines is 2. The SMILES string of the molecule is COc1cc(N)ccc1C(=O)Nc1cccc(Cl)c1. The molecule has 0 atom stereocenters. The summed E-state index contributed by atoms with van der Waals surface area (Å²) in [5, 5.41) is 3.31. The van der Waals surface area contributed by atoms with E-state index in [-0.39, 0.29) is 5.91 Å². The number of halogens is 1. The molecule has 3 N–H and O–H groups in total. The van der Waals surface area contributed by atoms with E-state index < -0.39 is 0 Å². The van der Waals surface area contributed by atoms with Gasteiger partial charge >= 0.3 is 0 Å². The van der Waals surface area contributed by atoms with Crippen LogP contribution in [0.25, 0.3) is 0 Å². The fourth-order valence-electron chi connectivity index (χ4n) is 1.66. The van der Waals surface area contributed by atoms with Crippen LogP contribution >= 0.6 is 11.6 Å². The van der Waals surface area contributed by atoms with Crippen molar-refractivity contribution in [2.75, 3.05) is 18.2 Å². The third kappa shape index (κ3) is 3.17. The van der Waals surface area contributed by atoms with Crippen LogP contribution in [0.4, 0.5) is 11.4 Å². The molecule has 0 aliphatic heterocycles. The van der Waals surface area contributed by atoms with Gasteiger partial charge in [0.15, 0.2) is 0 Å². The minimum Gasteiger partial charge on any atom is -0.496 e. The Morgan fingerprint density at radius 1 is 1.26 bits per heavy atom. The number of amides is 1. The largest absolute Gasteiger partial charge is 0.496 e. The van der Waals surface area contributed by atoms with Gasteiger partial charge in [0.1, 0.15) is 5.75 Å². The lowest BCUT2D eigenvalue weighted by molar-refractivity contribution is 0.102. The molecule has 2 aromatic rings. The molecule has 4 nitrogen and oxygen atoms in total. The quantitative estimate of drug-likeness (QED) is 0.846. The first kappa shape index (κ1) is 13.2. The van der Waals surface area contributed by atoms with Crippen molar-refractivity contribution in [3.63, 3.8) is 0 Å². The molecule has 2 rings (SSSR count). The molecule has 0 saturated carbocycles. The van der Waals surface area contributed by atoms with E-state index in [1.807, 2.05) is 0 Å². The van der Waals surface area contributed by atoms with E-state index in [0.29, 0.717) is 27.7 Å². The van der Waals surface area contributed by atoms with Gasteiger partial charge in [0.05, 0.1) is 12.7 Å². The van der Waals surface area contributed by atoms with Crippen LogP contribution in [0.3, 0.4) is 0 Å². The normalized spacial score (nSPS) is 10.0. The van der Waals surface area contributed by atoms with E-state index >= 15 is 0 Å². The second-order valence-corrected chi connectivity index (χ2v) is 4.36. The Hall–Kier alpha value is -2.20. The molecule has 2 aromatic carbocycles. The zero-order valence-electron chi connectivity index (χ0n) is 10.3. The highest BCUT2D eigenvalue weighted by Gasteiger charge is 2.12. The van der Waals surface area contributed by atoms with Crippen LogP contribution in [0.2, 0.25) is 5.02 Å². The number of hydrogen-bond acceptors (Lipinski definition) is 3. The van der Waals surface area contributed by atoms with Gasteiger partial charge in [0.25, 0.3) is 5.91 Å². The van der Waals surface area contributed by atoms with Crippen molar-refractivity contribution in [3.05, 3.63) is 53.1 Å². The maximum Gasteiger partial charge on any atom is 0.259 e. The van der Waals surface area contributed by atoms with Crippen molar-refractivity contribution < 1.29 is 9.53 Å². The number of carbonyl (C=O) groups is 1. The first-order chi connectivity index (χ1) is 9.10. The molecule has 19 heavy (non-hydrogen) atoms. The van der Waals surface area contributed by atoms with E-state index in [0.717, 1.165) is 0 Å². The topological polar surface area (TPSA) is 64.3 Å². The van der Waals surface area contributed by atoms with Crippen molar-refractivity contribution in [2.24, 2.45) is 0 Å². The summed E-state index contributed by atoms with van der Waals surface area (Å²) in [5.41, 5.74) is 7.22. The number of hydrogen-bond donors (Lipinski definition) is 2. The molecule has 0 aliphatic carbocycles. The molecule has 1 amide bonds. The predicted octanol–water partition coefficient (Wildman–Crippen LogP) is 3.18. The molecule has 98 valence electrons. The number of ether oxygens (including phenoxy) is 1. The van der Waals surface area contributed by atoms with Gasteiger partial charge in [-0.2, -0.15) is 0 Å². The van der Waals surface area contributed by atoms with Gasteiger partial charge < -0.3 is 15.8 Å². The van der Waals surface area contributed by atoms with Crippen LogP contribution < -0.4 is 15.8 Å². The highest BCUT2D eigenvalue weighted by molar-refractivity contribution is 6.31. The van der Waals surface area contributed by atoms with Gasteiger partial charge in [-0.15, -0.1) is 0 Å². The second-order valence-electron chi connectivity index (χ2n) is 3.92. The van der Waals surface area contributed by atoms with Gasteiger partial charge in [-0.3, -0.25) is 4.79 Å². The van der Waals surface area contributed by atoms with Crippen LogP contribution in [0.15, 0.2) is 42.5 Å². The number of rotatable bonds is 3. The summed E-state index contributed by atoms with van der Waals surface area (Å²) in [5.74, 6) is 0.152. The maximum atomic E-state index is 12.1. The summed E-state index contributed by atoms with van der Waals surface area (Å²) in [6.07, 6.45) is 0. The van der Waals surface area contributed by atoms with Crippen LogP contribution in [0.1, 0.15) is 10.4 Å². The Balaban J connectivity index is 2.25. The van der Waals surface area contributed by atoms with Crippen LogP contribution in [-0.4, -0.2) is 13.0 Å². The predicted molar refractivity (Wildman–Crippen MR) is 76.8 cm³/mol. The molecular formula is C14H13ClN2O2. The molecule has 0 fully saturated rings. The number of benzene rings is 2. The standard InChI is InChI=1S/C14H13ClN2O2/c1-19-13-8-10(16)5-6-12(13)14(18)17-11-4-2-3-9(15)7-11/h2-8H,16H2,1H3,(H,17,18). The smallest absolute Gasteiger partial charge is 0.259 e. The Bertz CT molecular complexity index is 614. The zero-order valence-corrected chi connectivity index (χ0v) is 11.1. The number of nitrogen functional groups attached to an aromatic ring is 1.